The van der Waals surface area contributed by atoms with Crippen LogP contribution in [0.25, 0.3) is 5.65 Å². The number of hydrogen-bond acceptors (Lipinski definition) is 4. The van der Waals surface area contributed by atoms with Crippen LogP contribution in [0.15, 0.2) is 29.7 Å². The van der Waals surface area contributed by atoms with Crippen molar-refractivity contribution in [2.45, 2.75) is 19.4 Å². The van der Waals surface area contributed by atoms with Gasteiger partial charge in [0.05, 0.1) is 24.2 Å². The number of aromatic nitrogens is 2. The molecule has 1 aliphatic heterocycles. The molecule has 0 spiro atoms. The first-order valence-electron chi connectivity index (χ1n) is 5.54. The van der Waals surface area contributed by atoms with Gasteiger partial charge in [-0.05, 0) is 18.6 Å². The van der Waals surface area contributed by atoms with Gasteiger partial charge in [-0.3, -0.25) is 4.40 Å². The molecule has 1 aliphatic rings. The molecule has 2 aromatic rings. The van der Waals surface area contributed by atoms with Gasteiger partial charge < -0.3 is 9.94 Å². The highest BCUT2D eigenvalue weighted by molar-refractivity contribution is 5.86. The molecule has 1 atom stereocenters. The van der Waals surface area contributed by atoms with E-state index in [0.29, 0.717) is 12.1 Å². The van der Waals surface area contributed by atoms with E-state index in [9.17, 15) is 0 Å². The van der Waals surface area contributed by atoms with Crippen molar-refractivity contribution in [3.8, 4) is 0 Å². The maximum atomic E-state index is 9.01. The molecule has 17 heavy (non-hydrogen) atoms. The summed E-state index contributed by atoms with van der Waals surface area (Å²) < 4.78 is 2.01. The van der Waals surface area contributed by atoms with Gasteiger partial charge in [0.15, 0.2) is 6.10 Å². The van der Waals surface area contributed by atoms with Gasteiger partial charge in [-0.25, -0.2) is 4.98 Å². The fraction of sp³-hybridized carbons (Fsp3) is 0.333. The average Bonchev–Trinajstić information content (AvgIpc) is 2.94. The van der Waals surface area contributed by atoms with Crippen LogP contribution in [0.4, 0.5) is 0 Å². The van der Waals surface area contributed by atoms with E-state index in [1.165, 1.54) is 0 Å². The van der Waals surface area contributed by atoms with Gasteiger partial charge in [-0.15, -0.1) is 0 Å². The van der Waals surface area contributed by atoms with Crippen LogP contribution in [0, 0.1) is 6.92 Å². The SMILES string of the molecule is Cc1cccn2c(C3CC(CO)=NO3)cnc12. The molecule has 0 saturated heterocycles. The molecule has 0 aliphatic carbocycles. The van der Waals surface area contributed by atoms with Crippen molar-refractivity contribution in [1.82, 2.24) is 9.38 Å². The van der Waals surface area contributed by atoms with E-state index in [1.807, 2.05) is 35.9 Å². The predicted octanol–water partition coefficient (Wildman–Crippen LogP) is 1.45. The molecule has 0 fully saturated rings. The standard InChI is InChI=1S/C12H13N3O2/c1-8-3-2-4-15-10(6-13-12(8)15)11-5-9(7-16)14-17-11/h2-4,6,11,16H,5,7H2,1H3. The summed E-state index contributed by atoms with van der Waals surface area (Å²) in [7, 11) is 0. The number of oxime groups is 1. The molecule has 0 bridgehead atoms. The number of imidazole rings is 1. The van der Waals surface area contributed by atoms with E-state index < -0.39 is 0 Å². The molecular formula is C12H13N3O2. The van der Waals surface area contributed by atoms with E-state index in [2.05, 4.69) is 10.1 Å². The van der Waals surface area contributed by atoms with Crippen LogP contribution < -0.4 is 0 Å². The summed E-state index contributed by atoms with van der Waals surface area (Å²) in [6.45, 7) is 1.98. The van der Waals surface area contributed by atoms with Crippen LogP contribution in [-0.4, -0.2) is 26.8 Å². The summed E-state index contributed by atoms with van der Waals surface area (Å²) >= 11 is 0. The monoisotopic (exact) mass is 231 g/mol. The lowest BCUT2D eigenvalue weighted by atomic mass is 10.1. The Hall–Kier alpha value is -1.88. The lowest BCUT2D eigenvalue weighted by Gasteiger charge is -2.08. The molecule has 3 rings (SSSR count). The second-order valence-corrected chi connectivity index (χ2v) is 4.18. The molecular weight excluding hydrogens is 218 g/mol. The third kappa shape index (κ3) is 1.59. The second kappa shape index (κ2) is 3.85. The largest absolute Gasteiger partial charge is 0.390 e. The van der Waals surface area contributed by atoms with Gasteiger partial charge in [0.2, 0.25) is 0 Å². The van der Waals surface area contributed by atoms with Crippen molar-refractivity contribution in [2.24, 2.45) is 5.16 Å². The highest BCUT2D eigenvalue weighted by atomic mass is 16.6. The molecule has 2 aromatic heterocycles. The zero-order valence-electron chi connectivity index (χ0n) is 9.50. The first-order valence-corrected chi connectivity index (χ1v) is 5.54. The average molecular weight is 231 g/mol. The molecule has 0 aromatic carbocycles. The van der Waals surface area contributed by atoms with Crippen LogP contribution in [0.2, 0.25) is 0 Å². The normalized spacial score (nSPS) is 19.4. The Bertz CT molecular complexity index is 588. The summed E-state index contributed by atoms with van der Waals surface area (Å²) in [6, 6.07) is 4.01. The number of nitrogens with zero attached hydrogens (tertiary/aromatic N) is 3. The minimum absolute atomic E-state index is 0.0493. The summed E-state index contributed by atoms with van der Waals surface area (Å²) in [4.78, 5) is 9.70. The number of aliphatic hydroxyl groups excluding tert-OH is 1. The molecule has 5 nitrogen and oxygen atoms in total. The van der Waals surface area contributed by atoms with Crippen molar-refractivity contribution in [3.63, 3.8) is 0 Å². The number of aliphatic hydroxyl groups is 1. The Kier molecular flexibility index (Phi) is 2.33. The Morgan fingerprint density at radius 2 is 2.47 bits per heavy atom. The Labute approximate surface area is 98.3 Å². The minimum Gasteiger partial charge on any atom is -0.390 e. The van der Waals surface area contributed by atoms with Crippen LogP contribution in [0.5, 0.6) is 0 Å². The van der Waals surface area contributed by atoms with Gasteiger partial charge in [0.1, 0.15) is 5.65 Å². The molecule has 0 radical (unpaired) electrons. The van der Waals surface area contributed by atoms with E-state index in [0.717, 1.165) is 16.9 Å². The smallest absolute Gasteiger partial charge is 0.174 e. The number of aryl methyl sites for hydroxylation is 1. The van der Waals surface area contributed by atoms with Crippen LogP contribution >= 0.6 is 0 Å². The highest BCUT2D eigenvalue weighted by Crippen LogP contribution is 2.28. The summed E-state index contributed by atoms with van der Waals surface area (Å²) in [6.07, 6.45) is 4.25. The van der Waals surface area contributed by atoms with Crippen LogP contribution in [0.3, 0.4) is 0 Å². The van der Waals surface area contributed by atoms with Crippen molar-refractivity contribution < 1.29 is 9.94 Å². The molecule has 0 saturated carbocycles. The number of pyridine rings is 1. The lowest BCUT2D eigenvalue weighted by Crippen LogP contribution is -2.05. The van der Waals surface area contributed by atoms with Gasteiger partial charge >= 0.3 is 0 Å². The zero-order chi connectivity index (χ0) is 11.8. The van der Waals surface area contributed by atoms with Crippen molar-refractivity contribution in [1.29, 1.82) is 0 Å². The Morgan fingerprint density at radius 1 is 1.59 bits per heavy atom. The first-order chi connectivity index (χ1) is 8.29. The van der Waals surface area contributed by atoms with Gasteiger partial charge in [0.25, 0.3) is 0 Å². The molecule has 1 unspecified atom stereocenters. The first kappa shape index (κ1) is 10.3. The van der Waals surface area contributed by atoms with Crippen molar-refractivity contribution >= 4 is 11.4 Å². The fourth-order valence-corrected chi connectivity index (χ4v) is 2.09. The molecule has 0 amide bonds. The van der Waals surface area contributed by atoms with Gasteiger partial charge in [-0.2, -0.15) is 0 Å². The molecule has 3 heterocycles. The molecule has 5 heteroatoms. The third-order valence-corrected chi connectivity index (χ3v) is 3.00. The maximum Gasteiger partial charge on any atom is 0.174 e. The van der Waals surface area contributed by atoms with E-state index >= 15 is 0 Å². The minimum atomic E-state index is -0.144. The predicted molar refractivity (Wildman–Crippen MR) is 62.9 cm³/mol. The Balaban J connectivity index is 2.00. The van der Waals surface area contributed by atoms with E-state index in [1.54, 1.807) is 0 Å². The lowest BCUT2D eigenvalue weighted by molar-refractivity contribution is 0.0819. The fourth-order valence-electron chi connectivity index (χ4n) is 2.09. The molecule has 88 valence electrons. The topological polar surface area (TPSA) is 59.1 Å². The zero-order valence-corrected chi connectivity index (χ0v) is 9.50. The second-order valence-electron chi connectivity index (χ2n) is 4.18. The molecule has 1 N–H and O–H groups in total. The van der Waals surface area contributed by atoms with E-state index in [-0.39, 0.29) is 12.7 Å². The number of hydrogen-bond donors (Lipinski definition) is 1. The van der Waals surface area contributed by atoms with Crippen LogP contribution in [-0.2, 0) is 4.84 Å². The maximum absolute atomic E-state index is 9.01. The Morgan fingerprint density at radius 3 is 3.24 bits per heavy atom. The number of fused-ring (bicyclic) bond motifs is 1. The summed E-state index contributed by atoms with van der Waals surface area (Å²) in [5.74, 6) is 0. The summed E-state index contributed by atoms with van der Waals surface area (Å²) in [5.41, 5.74) is 3.71. The van der Waals surface area contributed by atoms with Crippen LogP contribution in [0.1, 0.15) is 23.8 Å². The summed E-state index contributed by atoms with van der Waals surface area (Å²) in [5, 5.41) is 12.9. The third-order valence-electron chi connectivity index (χ3n) is 3.00. The van der Waals surface area contributed by atoms with Crippen molar-refractivity contribution in [2.75, 3.05) is 6.61 Å². The van der Waals surface area contributed by atoms with Gasteiger partial charge in [0, 0.05) is 12.6 Å². The highest BCUT2D eigenvalue weighted by Gasteiger charge is 2.25. The van der Waals surface area contributed by atoms with Crippen molar-refractivity contribution in [3.05, 3.63) is 35.8 Å². The quantitative estimate of drug-likeness (QED) is 0.851. The number of rotatable bonds is 2. The van der Waals surface area contributed by atoms with E-state index in [4.69, 9.17) is 9.94 Å². The van der Waals surface area contributed by atoms with Gasteiger partial charge in [-0.1, -0.05) is 11.2 Å².